The summed E-state index contributed by atoms with van der Waals surface area (Å²) in [6, 6.07) is 11.2. The number of urea groups is 1. The average molecular weight is 427 g/mol. The van der Waals surface area contributed by atoms with Gasteiger partial charge >= 0.3 is 6.03 Å². The predicted molar refractivity (Wildman–Crippen MR) is 109 cm³/mol. The number of hydrogen-bond donors (Lipinski definition) is 2. The number of fused-ring (bicyclic) bond motifs is 1. The number of nitrogens with one attached hydrogen (secondary N) is 2. The third-order valence-corrected chi connectivity index (χ3v) is 5.21. The Bertz CT molecular complexity index is 1110. The minimum absolute atomic E-state index is 0.0580. The van der Waals surface area contributed by atoms with Gasteiger partial charge in [0.2, 0.25) is 5.91 Å². The van der Waals surface area contributed by atoms with Gasteiger partial charge in [0.05, 0.1) is 13.0 Å². The van der Waals surface area contributed by atoms with Crippen molar-refractivity contribution in [3.05, 3.63) is 65.1 Å². The first-order valence-corrected chi connectivity index (χ1v) is 9.81. The molecule has 4 rings (SSSR count). The fourth-order valence-electron chi connectivity index (χ4n) is 3.29. The standard InChI is InChI=1S/C20H19ClN6O3/c21-14-6-2-1-5-13(14)12-27-19(29)15(23-20(27)30)11-18(28)22-9-8-17-25-24-16-7-3-4-10-26(16)17/h1-7,10,15H,8-9,11-12H2,(H,22,28)(H,23,30)/t15-/m0/s1. The molecule has 0 aliphatic carbocycles. The summed E-state index contributed by atoms with van der Waals surface area (Å²) in [5.41, 5.74) is 1.39. The SMILES string of the molecule is O=C(C[C@@H]1NC(=O)N(Cc2ccccc2Cl)C1=O)NCCc1nnc2ccccn12. The van der Waals surface area contributed by atoms with E-state index in [-0.39, 0.29) is 18.9 Å². The molecule has 0 unspecified atom stereocenters. The number of benzene rings is 1. The van der Waals surface area contributed by atoms with E-state index in [1.165, 1.54) is 0 Å². The molecule has 0 spiro atoms. The fraction of sp³-hybridized carbons (Fsp3) is 0.250. The maximum Gasteiger partial charge on any atom is 0.325 e. The predicted octanol–water partition coefficient (Wildman–Crippen LogP) is 1.55. The number of rotatable bonds is 7. The highest BCUT2D eigenvalue weighted by molar-refractivity contribution is 6.31. The van der Waals surface area contributed by atoms with Gasteiger partial charge in [0, 0.05) is 24.2 Å². The number of carbonyl (C=O) groups excluding carboxylic acids is 3. The topological polar surface area (TPSA) is 109 Å². The number of imide groups is 1. The normalized spacial score (nSPS) is 16.2. The molecule has 0 bridgehead atoms. The van der Waals surface area contributed by atoms with Crippen LogP contribution >= 0.6 is 11.6 Å². The molecule has 1 saturated heterocycles. The first-order chi connectivity index (χ1) is 14.5. The maximum atomic E-state index is 12.6. The van der Waals surface area contributed by atoms with Crippen LogP contribution in [0.2, 0.25) is 5.02 Å². The summed E-state index contributed by atoms with van der Waals surface area (Å²) in [5, 5.41) is 14.0. The summed E-state index contributed by atoms with van der Waals surface area (Å²) < 4.78 is 1.85. The Morgan fingerprint density at radius 2 is 1.93 bits per heavy atom. The first-order valence-electron chi connectivity index (χ1n) is 9.43. The van der Waals surface area contributed by atoms with E-state index in [1.54, 1.807) is 24.3 Å². The van der Waals surface area contributed by atoms with Crippen LogP contribution in [0.15, 0.2) is 48.7 Å². The van der Waals surface area contributed by atoms with Crippen LogP contribution in [0.25, 0.3) is 5.65 Å². The number of nitrogens with zero attached hydrogens (tertiary/aromatic N) is 4. The van der Waals surface area contributed by atoms with Gasteiger partial charge in [-0.2, -0.15) is 0 Å². The Morgan fingerprint density at radius 3 is 2.77 bits per heavy atom. The Balaban J connectivity index is 1.29. The summed E-state index contributed by atoms with van der Waals surface area (Å²) in [5.74, 6) is -0.0531. The quantitative estimate of drug-likeness (QED) is 0.557. The molecule has 1 aromatic carbocycles. The molecular weight excluding hydrogens is 408 g/mol. The van der Waals surface area contributed by atoms with Crippen LogP contribution in [0.4, 0.5) is 4.79 Å². The zero-order valence-electron chi connectivity index (χ0n) is 15.9. The van der Waals surface area contributed by atoms with E-state index in [4.69, 9.17) is 11.6 Å². The summed E-state index contributed by atoms with van der Waals surface area (Å²) in [6.07, 6.45) is 2.21. The Kier molecular flexibility index (Phi) is 5.62. The lowest BCUT2D eigenvalue weighted by molar-refractivity contribution is -0.131. The molecule has 10 heteroatoms. The van der Waals surface area contributed by atoms with Crippen LogP contribution < -0.4 is 10.6 Å². The number of carbonyl (C=O) groups is 3. The first kappa shape index (κ1) is 19.8. The third kappa shape index (κ3) is 4.11. The second kappa shape index (κ2) is 8.50. The van der Waals surface area contributed by atoms with Gasteiger partial charge in [0.15, 0.2) is 5.65 Å². The van der Waals surface area contributed by atoms with Gasteiger partial charge in [0.1, 0.15) is 11.9 Å². The molecule has 1 atom stereocenters. The van der Waals surface area contributed by atoms with Gasteiger partial charge in [0.25, 0.3) is 5.91 Å². The van der Waals surface area contributed by atoms with E-state index in [9.17, 15) is 14.4 Å². The smallest absolute Gasteiger partial charge is 0.325 e. The number of aromatic nitrogens is 3. The van der Waals surface area contributed by atoms with Crippen molar-refractivity contribution < 1.29 is 14.4 Å². The van der Waals surface area contributed by atoms with Gasteiger partial charge in [-0.25, -0.2) is 4.79 Å². The number of halogens is 1. The molecule has 1 aliphatic heterocycles. The van der Waals surface area contributed by atoms with E-state index in [0.29, 0.717) is 23.6 Å². The van der Waals surface area contributed by atoms with Crippen molar-refractivity contribution in [2.75, 3.05) is 6.54 Å². The van der Waals surface area contributed by atoms with Gasteiger partial charge < -0.3 is 10.6 Å². The lowest BCUT2D eigenvalue weighted by atomic mass is 10.1. The van der Waals surface area contributed by atoms with Crippen LogP contribution in [0.3, 0.4) is 0 Å². The van der Waals surface area contributed by atoms with Crippen molar-refractivity contribution >= 4 is 35.1 Å². The second-order valence-electron chi connectivity index (χ2n) is 6.87. The van der Waals surface area contributed by atoms with Crippen molar-refractivity contribution in [1.82, 2.24) is 30.1 Å². The van der Waals surface area contributed by atoms with Crippen molar-refractivity contribution in [3.63, 3.8) is 0 Å². The minimum Gasteiger partial charge on any atom is -0.356 e. The van der Waals surface area contributed by atoms with Crippen LogP contribution in [0, 0.1) is 0 Å². The van der Waals surface area contributed by atoms with Crippen molar-refractivity contribution in [2.24, 2.45) is 0 Å². The summed E-state index contributed by atoms with van der Waals surface area (Å²) in [4.78, 5) is 38.1. The summed E-state index contributed by atoms with van der Waals surface area (Å²) in [6.45, 7) is 0.398. The van der Waals surface area contributed by atoms with Crippen LogP contribution in [-0.4, -0.2) is 49.9 Å². The minimum atomic E-state index is -0.895. The van der Waals surface area contributed by atoms with Crippen LogP contribution in [-0.2, 0) is 22.6 Å². The van der Waals surface area contributed by atoms with Gasteiger partial charge in [-0.15, -0.1) is 10.2 Å². The molecule has 1 aliphatic rings. The molecule has 2 aromatic heterocycles. The van der Waals surface area contributed by atoms with Crippen molar-refractivity contribution in [3.8, 4) is 0 Å². The highest BCUT2D eigenvalue weighted by Crippen LogP contribution is 2.20. The Labute approximate surface area is 177 Å². The van der Waals surface area contributed by atoms with Crippen molar-refractivity contribution in [2.45, 2.75) is 25.4 Å². The third-order valence-electron chi connectivity index (χ3n) is 4.84. The fourth-order valence-corrected chi connectivity index (χ4v) is 3.49. The summed E-state index contributed by atoms with van der Waals surface area (Å²) in [7, 11) is 0. The number of amides is 4. The van der Waals surface area contributed by atoms with E-state index in [1.807, 2.05) is 28.8 Å². The van der Waals surface area contributed by atoms with Crippen LogP contribution in [0.5, 0.6) is 0 Å². The molecule has 154 valence electrons. The molecule has 1 fully saturated rings. The molecule has 3 heterocycles. The monoisotopic (exact) mass is 426 g/mol. The van der Waals surface area contributed by atoms with E-state index >= 15 is 0 Å². The molecule has 2 N–H and O–H groups in total. The zero-order chi connectivity index (χ0) is 21.1. The number of pyridine rings is 1. The molecular formula is C20H19ClN6O3. The highest BCUT2D eigenvalue weighted by atomic mass is 35.5. The molecule has 4 amide bonds. The molecule has 0 radical (unpaired) electrons. The molecule has 9 nitrogen and oxygen atoms in total. The largest absolute Gasteiger partial charge is 0.356 e. The zero-order valence-corrected chi connectivity index (χ0v) is 16.7. The summed E-state index contributed by atoms with van der Waals surface area (Å²) >= 11 is 6.11. The molecule has 0 saturated carbocycles. The highest BCUT2D eigenvalue weighted by Gasteiger charge is 2.39. The van der Waals surface area contributed by atoms with Crippen molar-refractivity contribution in [1.29, 1.82) is 0 Å². The lowest BCUT2D eigenvalue weighted by Crippen LogP contribution is -2.37. The van der Waals surface area contributed by atoms with Gasteiger partial charge in [-0.1, -0.05) is 35.9 Å². The number of hydrogen-bond acceptors (Lipinski definition) is 5. The second-order valence-corrected chi connectivity index (χ2v) is 7.27. The van der Waals surface area contributed by atoms with Gasteiger partial charge in [-0.05, 0) is 23.8 Å². The average Bonchev–Trinajstić information content (AvgIpc) is 3.26. The lowest BCUT2D eigenvalue weighted by Gasteiger charge is -2.14. The maximum absolute atomic E-state index is 12.6. The van der Waals surface area contributed by atoms with Crippen LogP contribution in [0.1, 0.15) is 17.8 Å². The van der Waals surface area contributed by atoms with E-state index in [0.717, 1.165) is 16.4 Å². The van der Waals surface area contributed by atoms with E-state index in [2.05, 4.69) is 20.8 Å². The molecule has 3 aromatic rings. The Morgan fingerprint density at radius 1 is 1.13 bits per heavy atom. The molecule has 30 heavy (non-hydrogen) atoms. The van der Waals surface area contributed by atoms with E-state index < -0.39 is 18.0 Å². The Hall–Kier alpha value is -3.46. The van der Waals surface area contributed by atoms with Gasteiger partial charge in [-0.3, -0.25) is 18.9 Å².